The first-order chi connectivity index (χ1) is 8.56. The van der Waals surface area contributed by atoms with Crippen LogP contribution in [0.25, 0.3) is 0 Å². The molecule has 2 aromatic rings. The second kappa shape index (κ2) is 6.27. The number of nitrogens with zero attached hydrogens (tertiary/aromatic N) is 1. The van der Waals surface area contributed by atoms with E-state index in [1.165, 1.54) is 11.3 Å². The number of hydrogen-bond donors (Lipinski definition) is 1. The number of thiazole rings is 1. The van der Waals surface area contributed by atoms with Gasteiger partial charge in [0.25, 0.3) is 5.91 Å². The van der Waals surface area contributed by atoms with Crippen molar-refractivity contribution in [2.75, 3.05) is 6.54 Å². The molecule has 0 bridgehead atoms. The van der Waals surface area contributed by atoms with Gasteiger partial charge in [0.05, 0.1) is 18.1 Å². The summed E-state index contributed by atoms with van der Waals surface area (Å²) in [6.07, 6.45) is 0.771. The molecule has 0 aliphatic carbocycles. The minimum absolute atomic E-state index is 0.0582. The molecule has 18 heavy (non-hydrogen) atoms. The summed E-state index contributed by atoms with van der Waals surface area (Å²) >= 11 is 9.85. The standard InChI is InChI=1S/C11H10Br2N2OS2/c1-6-5-17-9(15-6)2-3-14-11(16)7-4-8(12)18-10(7)13/h4-5H,2-3H2,1H3,(H,14,16). The van der Waals surface area contributed by atoms with Crippen LogP contribution in [0, 0.1) is 6.92 Å². The van der Waals surface area contributed by atoms with Crippen LogP contribution in [-0.2, 0) is 6.42 Å². The Labute approximate surface area is 130 Å². The summed E-state index contributed by atoms with van der Waals surface area (Å²) in [5, 5.41) is 5.97. The van der Waals surface area contributed by atoms with Crippen molar-refractivity contribution in [1.82, 2.24) is 10.3 Å². The van der Waals surface area contributed by atoms with E-state index in [0.29, 0.717) is 12.1 Å². The molecule has 1 N–H and O–H groups in total. The van der Waals surface area contributed by atoms with Crippen LogP contribution in [0.1, 0.15) is 21.1 Å². The molecule has 0 spiro atoms. The van der Waals surface area contributed by atoms with Crippen molar-refractivity contribution < 1.29 is 4.79 Å². The predicted octanol–water partition coefficient (Wildman–Crippen LogP) is 4.01. The van der Waals surface area contributed by atoms with Crippen LogP contribution in [0.4, 0.5) is 0 Å². The largest absolute Gasteiger partial charge is 0.352 e. The van der Waals surface area contributed by atoms with Crippen molar-refractivity contribution in [2.45, 2.75) is 13.3 Å². The van der Waals surface area contributed by atoms with Crippen LogP contribution in [0.2, 0.25) is 0 Å². The van der Waals surface area contributed by atoms with Gasteiger partial charge in [-0.25, -0.2) is 4.98 Å². The van der Waals surface area contributed by atoms with Gasteiger partial charge in [0, 0.05) is 24.0 Å². The van der Waals surface area contributed by atoms with Gasteiger partial charge in [0.1, 0.15) is 0 Å². The molecular formula is C11H10Br2N2OS2. The van der Waals surface area contributed by atoms with E-state index in [1.807, 2.05) is 18.4 Å². The zero-order valence-corrected chi connectivity index (χ0v) is 14.3. The van der Waals surface area contributed by atoms with Crippen LogP contribution >= 0.6 is 54.5 Å². The van der Waals surface area contributed by atoms with E-state index in [0.717, 1.165) is 24.7 Å². The topological polar surface area (TPSA) is 42.0 Å². The Hall–Kier alpha value is -0.240. The van der Waals surface area contributed by atoms with Crippen LogP contribution in [0.15, 0.2) is 19.0 Å². The fraction of sp³-hybridized carbons (Fsp3) is 0.273. The molecule has 0 fully saturated rings. The number of aromatic nitrogens is 1. The summed E-state index contributed by atoms with van der Waals surface area (Å²) in [4.78, 5) is 16.3. The Kier molecular flexibility index (Phi) is 4.94. The number of rotatable bonds is 4. The second-order valence-corrected chi connectivity index (χ2v) is 8.32. The van der Waals surface area contributed by atoms with Crippen molar-refractivity contribution in [3.8, 4) is 0 Å². The highest BCUT2D eigenvalue weighted by Gasteiger charge is 2.13. The molecular weight excluding hydrogens is 400 g/mol. The van der Waals surface area contributed by atoms with E-state index in [2.05, 4.69) is 42.2 Å². The van der Waals surface area contributed by atoms with Crippen molar-refractivity contribution >= 4 is 60.4 Å². The van der Waals surface area contributed by atoms with Gasteiger partial charge in [-0.3, -0.25) is 4.79 Å². The van der Waals surface area contributed by atoms with E-state index in [-0.39, 0.29) is 5.91 Å². The lowest BCUT2D eigenvalue weighted by atomic mass is 10.3. The molecule has 2 aromatic heterocycles. The molecule has 0 saturated carbocycles. The number of thiophene rings is 1. The number of hydrogen-bond acceptors (Lipinski definition) is 4. The first-order valence-corrected chi connectivity index (χ1v) is 8.48. The fourth-order valence-electron chi connectivity index (χ4n) is 1.39. The van der Waals surface area contributed by atoms with Crippen molar-refractivity contribution in [2.24, 2.45) is 0 Å². The second-order valence-electron chi connectivity index (χ2n) is 3.63. The Morgan fingerprint density at radius 3 is 2.83 bits per heavy atom. The number of amides is 1. The normalized spacial score (nSPS) is 10.6. The van der Waals surface area contributed by atoms with Gasteiger partial charge in [-0.2, -0.15) is 0 Å². The van der Waals surface area contributed by atoms with Gasteiger partial charge < -0.3 is 5.32 Å². The highest BCUT2D eigenvalue weighted by Crippen LogP contribution is 2.31. The maximum atomic E-state index is 11.9. The molecule has 7 heteroatoms. The third-order valence-corrected chi connectivity index (χ3v) is 5.56. The van der Waals surface area contributed by atoms with Gasteiger partial charge in [-0.1, -0.05) is 0 Å². The number of halogens is 2. The van der Waals surface area contributed by atoms with Crippen LogP contribution in [-0.4, -0.2) is 17.4 Å². The van der Waals surface area contributed by atoms with E-state index >= 15 is 0 Å². The monoisotopic (exact) mass is 408 g/mol. The summed E-state index contributed by atoms with van der Waals surface area (Å²) in [6, 6.07) is 1.82. The number of carbonyl (C=O) groups is 1. The zero-order valence-electron chi connectivity index (χ0n) is 9.50. The van der Waals surface area contributed by atoms with Gasteiger partial charge in [-0.05, 0) is 44.8 Å². The van der Waals surface area contributed by atoms with Crippen LogP contribution in [0.3, 0.4) is 0 Å². The van der Waals surface area contributed by atoms with E-state index < -0.39 is 0 Å². The van der Waals surface area contributed by atoms with Crippen LogP contribution in [0.5, 0.6) is 0 Å². The highest BCUT2D eigenvalue weighted by atomic mass is 79.9. The van der Waals surface area contributed by atoms with Crippen molar-refractivity contribution in [3.05, 3.63) is 35.3 Å². The Morgan fingerprint density at radius 2 is 2.28 bits per heavy atom. The molecule has 0 aliphatic heterocycles. The molecule has 1 amide bonds. The number of carbonyl (C=O) groups excluding carboxylic acids is 1. The molecule has 0 aromatic carbocycles. The summed E-state index contributed by atoms with van der Waals surface area (Å²) in [6.45, 7) is 2.57. The first kappa shape index (κ1) is 14.2. The summed E-state index contributed by atoms with van der Waals surface area (Å²) in [5.41, 5.74) is 1.70. The zero-order chi connectivity index (χ0) is 13.1. The predicted molar refractivity (Wildman–Crippen MR) is 82.6 cm³/mol. The quantitative estimate of drug-likeness (QED) is 0.828. The maximum absolute atomic E-state index is 11.9. The van der Waals surface area contributed by atoms with E-state index in [4.69, 9.17) is 0 Å². The summed E-state index contributed by atoms with van der Waals surface area (Å²) < 4.78 is 1.78. The fourth-order valence-corrected chi connectivity index (χ4v) is 4.96. The first-order valence-electron chi connectivity index (χ1n) is 5.20. The van der Waals surface area contributed by atoms with Gasteiger partial charge in [0.2, 0.25) is 0 Å². The number of nitrogens with one attached hydrogen (secondary N) is 1. The van der Waals surface area contributed by atoms with E-state index in [1.54, 1.807) is 11.3 Å². The number of aryl methyl sites for hydroxylation is 1. The average molecular weight is 410 g/mol. The SMILES string of the molecule is Cc1csc(CCNC(=O)c2cc(Br)sc2Br)n1. The average Bonchev–Trinajstić information content (AvgIpc) is 2.85. The van der Waals surface area contributed by atoms with Crippen molar-refractivity contribution in [3.63, 3.8) is 0 Å². The smallest absolute Gasteiger partial charge is 0.253 e. The van der Waals surface area contributed by atoms with Gasteiger partial charge >= 0.3 is 0 Å². The highest BCUT2D eigenvalue weighted by molar-refractivity contribution is 9.12. The maximum Gasteiger partial charge on any atom is 0.253 e. The molecule has 0 aliphatic rings. The molecule has 3 nitrogen and oxygen atoms in total. The summed E-state index contributed by atoms with van der Waals surface area (Å²) in [5.74, 6) is -0.0582. The minimum atomic E-state index is -0.0582. The molecule has 0 atom stereocenters. The minimum Gasteiger partial charge on any atom is -0.352 e. The molecule has 0 saturated heterocycles. The lowest BCUT2D eigenvalue weighted by molar-refractivity contribution is 0.0954. The van der Waals surface area contributed by atoms with Crippen LogP contribution < -0.4 is 5.32 Å². The third-order valence-electron chi connectivity index (χ3n) is 2.19. The Morgan fingerprint density at radius 1 is 1.50 bits per heavy atom. The Bertz CT molecular complexity index is 565. The molecule has 0 unspecified atom stereocenters. The van der Waals surface area contributed by atoms with Gasteiger partial charge in [0.15, 0.2) is 0 Å². The lowest BCUT2D eigenvalue weighted by Crippen LogP contribution is -2.25. The molecule has 2 heterocycles. The molecule has 2 rings (SSSR count). The van der Waals surface area contributed by atoms with Crippen molar-refractivity contribution in [1.29, 1.82) is 0 Å². The lowest BCUT2D eigenvalue weighted by Gasteiger charge is -2.02. The third kappa shape index (κ3) is 3.63. The van der Waals surface area contributed by atoms with Gasteiger partial charge in [-0.15, -0.1) is 22.7 Å². The molecule has 96 valence electrons. The Balaban J connectivity index is 1.87. The summed E-state index contributed by atoms with van der Waals surface area (Å²) in [7, 11) is 0. The molecule has 0 radical (unpaired) electrons. The van der Waals surface area contributed by atoms with E-state index in [9.17, 15) is 4.79 Å².